The average Bonchev–Trinajstić information content (AvgIpc) is 2.27. The van der Waals surface area contributed by atoms with Crippen molar-refractivity contribution >= 4 is 6.29 Å². The molecule has 0 aromatic carbocycles. The van der Waals surface area contributed by atoms with E-state index < -0.39 is 0 Å². The summed E-state index contributed by atoms with van der Waals surface area (Å²) in [6.45, 7) is 8.26. The zero-order valence-electron chi connectivity index (χ0n) is 10.5. The SMILES string of the molecule is CCN(CC(C)(C)C=O)C1CCCCC1. The van der Waals surface area contributed by atoms with Gasteiger partial charge in [-0.15, -0.1) is 0 Å². The van der Waals surface area contributed by atoms with E-state index in [0.29, 0.717) is 0 Å². The largest absolute Gasteiger partial charge is 0.303 e. The zero-order chi connectivity index (χ0) is 11.3. The van der Waals surface area contributed by atoms with E-state index in [1.54, 1.807) is 0 Å². The first-order valence-corrected chi connectivity index (χ1v) is 6.29. The molecule has 1 saturated carbocycles. The first-order valence-electron chi connectivity index (χ1n) is 6.29. The number of hydrogen-bond donors (Lipinski definition) is 0. The van der Waals surface area contributed by atoms with Gasteiger partial charge >= 0.3 is 0 Å². The van der Waals surface area contributed by atoms with Gasteiger partial charge in [0, 0.05) is 18.0 Å². The van der Waals surface area contributed by atoms with Crippen molar-refractivity contribution in [3.63, 3.8) is 0 Å². The van der Waals surface area contributed by atoms with Gasteiger partial charge in [0.1, 0.15) is 6.29 Å². The number of hydrogen-bond acceptors (Lipinski definition) is 2. The molecular weight excluding hydrogens is 186 g/mol. The molecule has 2 heteroatoms. The topological polar surface area (TPSA) is 20.3 Å². The molecule has 1 aliphatic rings. The molecule has 15 heavy (non-hydrogen) atoms. The van der Waals surface area contributed by atoms with Crippen LogP contribution in [-0.4, -0.2) is 30.3 Å². The molecule has 0 aliphatic heterocycles. The Hall–Kier alpha value is -0.370. The fourth-order valence-electron chi connectivity index (χ4n) is 2.51. The van der Waals surface area contributed by atoms with Gasteiger partial charge in [-0.25, -0.2) is 0 Å². The van der Waals surface area contributed by atoms with E-state index in [0.717, 1.165) is 25.4 Å². The summed E-state index contributed by atoms with van der Waals surface area (Å²) in [4.78, 5) is 13.4. The molecule has 1 fully saturated rings. The van der Waals surface area contributed by atoms with Crippen LogP contribution in [0.2, 0.25) is 0 Å². The van der Waals surface area contributed by atoms with Crippen LogP contribution in [0, 0.1) is 5.41 Å². The lowest BCUT2D eigenvalue weighted by Crippen LogP contribution is -2.43. The van der Waals surface area contributed by atoms with Gasteiger partial charge in [0.05, 0.1) is 0 Å². The van der Waals surface area contributed by atoms with Crippen molar-refractivity contribution < 1.29 is 4.79 Å². The lowest BCUT2D eigenvalue weighted by Gasteiger charge is -2.37. The molecule has 0 heterocycles. The van der Waals surface area contributed by atoms with Gasteiger partial charge in [-0.05, 0) is 19.4 Å². The third-order valence-corrected chi connectivity index (χ3v) is 3.43. The summed E-state index contributed by atoms with van der Waals surface area (Å²) in [6, 6.07) is 0.725. The Labute approximate surface area is 94.0 Å². The molecule has 0 saturated heterocycles. The highest BCUT2D eigenvalue weighted by Gasteiger charge is 2.26. The quantitative estimate of drug-likeness (QED) is 0.652. The van der Waals surface area contributed by atoms with Gasteiger partial charge in [0.25, 0.3) is 0 Å². The summed E-state index contributed by atoms with van der Waals surface area (Å²) in [7, 11) is 0. The molecule has 0 amide bonds. The van der Waals surface area contributed by atoms with E-state index >= 15 is 0 Å². The van der Waals surface area contributed by atoms with Crippen LogP contribution in [0.3, 0.4) is 0 Å². The molecule has 0 aromatic heterocycles. The lowest BCUT2D eigenvalue weighted by atomic mass is 9.90. The minimum Gasteiger partial charge on any atom is -0.303 e. The van der Waals surface area contributed by atoms with Gasteiger partial charge < -0.3 is 4.79 Å². The summed E-state index contributed by atoms with van der Waals surface area (Å²) >= 11 is 0. The Morgan fingerprint density at radius 1 is 1.27 bits per heavy atom. The Balaban J connectivity index is 2.50. The third kappa shape index (κ3) is 3.94. The second kappa shape index (κ2) is 5.64. The summed E-state index contributed by atoms with van der Waals surface area (Å²) in [5, 5.41) is 0. The van der Waals surface area contributed by atoms with Crippen LogP contribution in [-0.2, 0) is 4.79 Å². The molecule has 0 radical (unpaired) electrons. The normalized spacial score (nSPS) is 19.5. The number of carbonyl (C=O) groups excluding carboxylic acids is 1. The highest BCUT2D eigenvalue weighted by molar-refractivity contribution is 5.58. The maximum absolute atomic E-state index is 10.9. The van der Waals surface area contributed by atoms with Crippen molar-refractivity contribution in [3.05, 3.63) is 0 Å². The predicted octanol–water partition coefficient (Wildman–Crippen LogP) is 2.87. The second-order valence-corrected chi connectivity index (χ2v) is 5.46. The summed E-state index contributed by atoms with van der Waals surface area (Å²) in [5.74, 6) is 0. The molecule has 0 spiro atoms. The molecule has 0 atom stereocenters. The van der Waals surface area contributed by atoms with E-state index in [9.17, 15) is 4.79 Å². The average molecular weight is 211 g/mol. The summed E-state index contributed by atoms with van der Waals surface area (Å²) < 4.78 is 0. The molecule has 0 N–H and O–H groups in total. The van der Waals surface area contributed by atoms with E-state index in [1.807, 2.05) is 13.8 Å². The summed E-state index contributed by atoms with van der Waals surface area (Å²) in [6.07, 6.45) is 7.86. The Morgan fingerprint density at radius 3 is 2.33 bits per heavy atom. The molecule has 1 rings (SSSR count). The van der Waals surface area contributed by atoms with Crippen LogP contribution in [0.1, 0.15) is 52.9 Å². The molecule has 0 aromatic rings. The number of nitrogens with zero attached hydrogens (tertiary/aromatic N) is 1. The minimum absolute atomic E-state index is 0.187. The smallest absolute Gasteiger partial charge is 0.126 e. The van der Waals surface area contributed by atoms with Crippen LogP contribution in [0.5, 0.6) is 0 Å². The molecule has 0 unspecified atom stereocenters. The van der Waals surface area contributed by atoms with Crippen molar-refractivity contribution in [2.75, 3.05) is 13.1 Å². The van der Waals surface area contributed by atoms with Crippen LogP contribution in [0.15, 0.2) is 0 Å². The van der Waals surface area contributed by atoms with Crippen LogP contribution >= 0.6 is 0 Å². The van der Waals surface area contributed by atoms with E-state index in [4.69, 9.17) is 0 Å². The van der Waals surface area contributed by atoms with Crippen molar-refractivity contribution in [1.29, 1.82) is 0 Å². The highest BCUT2D eigenvalue weighted by atomic mass is 16.1. The fourth-order valence-corrected chi connectivity index (χ4v) is 2.51. The van der Waals surface area contributed by atoms with Crippen LogP contribution < -0.4 is 0 Å². The number of carbonyl (C=O) groups is 1. The molecule has 88 valence electrons. The van der Waals surface area contributed by atoms with Crippen molar-refractivity contribution in [3.8, 4) is 0 Å². The molecule has 2 nitrogen and oxygen atoms in total. The second-order valence-electron chi connectivity index (χ2n) is 5.46. The monoisotopic (exact) mass is 211 g/mol. The molecule has 0 bridgehead atoms. The third-order valence-electron chi connectivity index (χ3n) is 3.43. The van der Waals surface area contributed by atoms with Crippen molar-refractivity contribution in [2.45, 2.75) is 58.9 Å². The fraction of sp³-hybridized carbons (Fsp3) is 0.923. The zero-order valence-corrected chi connectivity index (χ0v) is 10.5. The van der Waals surface area contributed by atoms with Gasteiger partial charge in [-0.3, -0.25) is 4.90 Å². The Kier molecular flexibility index (Phi) is 4.78. The Bertz CT molecular complexity index is 195. The maximum atomic E-state index is 10.9. The molecular formula is C13H25NO. The van der Waals surface area contributed by atoms with Crippen molar-refractivity contribution in [1.82, 2.24) is 4.90 Å². The number of rotatable bonds is 5. The van der Waals surface area contributed by atoms with Gasteiger partial charge in [-0.2, -0.15) is 0 Å². The first-order chi connectivity index (χ1) is 7.09. The Morgan fingerprint density at radius 2 is 1.87 bits per heavy atom. The molecule has 1 aliphatic carbocycles. The van der Waals surface area contributed by atoms with E-state index in [2.05, 4.69) is 11.8 Å². The van der Waals surface area contributed by atoms with Crippen molar-refractivity contribution in [2.24, 2.45) is 5.41 Å². The first kappa shape index (κ1) is 12.7. The van der Waals surface area contributed by atoms with Crippen LogP contribution in [0.4, 0.5) is 0 Å². The summed E-state index contributed by atoms with van der Waals surface area (Å²) in [5.41, 5.74) is -0.187. The lowest BCUT2D eigenvalue weighted by molar-refractivity contribution is -0.116. The standard InChI is InChI=1S/C13H25NO/c1-4-14(10-13(2,3)11-15)12-8-6-5-7-9-12/h11-12H,4-10H2,1-3H3. The van der Waals surface area contributed by atoms with Crippen LogP contribution in [0.25, 0.3) is 0 Å². The van der Waals surface area contributed by atoms with Gasteiger partial charge in [-0.1, -0.05) is 40.0 Å². The van der Waals surface area contributed by atoms with Gasteiger partial charge in [0.15, 0.2) is 0 Å². The van der Waals surface area contributed by atoms with Gasteiger partial charge in [0.2, 0.25) is 0 Å². The number of aldehydes is 1. The maximum Gasteiger partial charge on any atom is 0.126 e. The van der Waals surface area contributed by atoms with E-state index in [1.165, 1.54) is 32.1 Å². The van der Waals surface area contributed by atoms with E-state index in [-0.39, 0.29) is 5.41 Å². The minimum atomic E-state index is -0.187. The highest BCUT2D eigenvalue weighted by Crippen LogP contribution is 2.25. The predicted molar refractivity (Wildman–Crippen MR) is 64.0 cm³/mol.